The maximum atomic E-state index is 12.4. The summed E-state index contributed by atoms with van der Waals surface area (Å²) < 4.78 is 5.88. The average molecular weight is 323 g/mol. The van der Waals surface area contributed by atoms with E-state index in [0.29, 0.717) is 13.0 Å². The molecule has 0 amide bonds. The highest BCUT2D eigenvalue weighted by Gasteiger charge is 2.14. The van der Waals surface area contributed by atoms with E-state index in [2.05, 4.69) is 4.90 Å². The molecule has 0 spiro atoms. The number of ether oxygens (including phenoxy) is 1. The van der Waals surface area contributed by atoms with E-state index in [4.69, 9.17) is 4.74 Å². The quantitative estimate of drug-likeness (QED) is 0.714. The number of nitrogens with zero attached hydrogens (tertiary/aromatic N) is 1. The monoisotopic (exact) mass is 323 g/mol. The summed E-state index contributed by atoms with van der Waals surface area (Å²) in [5.74, 6) is 1.06. The van der Waals surface area contributed by atoms with Gasteiger partial charge in [-0.25, -0.2) is 0 Å². The third-order valence-corrected chi connectivity index (χ3v) is 4.59. The summed E-state index contributed by atoms with van der Waals surface area (Å²) in [6.45, 7) is 5.70. The summed E-state index contributed by atoms with van der Waals surface area (Å²) in [4.78, 5) is 14.8. The molecule has 0 unspecified atom stereocenters. The molecule has 1 fully saturated rings. The second-order valence-electron chi connectivity index (χ2n) is 6.48. The lowest BCUT2D eigenvalue weighted by molar-refractivity contribution is 0.0969. The fourth-order valence-corrected chi connectivity index (χ4v) is 3.13. The van der Waals surface area contributed by atoms with Gasteiger partial charge in [0.05, 0.1) is 0 Å². The number of aryl methyl sites for hydroxylation is 1. The van der Waals surface area contributed by atoms with Crippen molar-refractivity contribution in [1.29, 1.82) is 0 Å². The van der Waals surface area contributed by atoms with E-state index in [0.717, 1.165) is 42.1 Å². The van der Waals surface area contributed by atoms with E-state index in [1.165, 1.54) is 12.8 Å². The standard InChI is InChI=1S/C21H25NO2/c1-17-15-19(20(23)11-14-22-12-5-6-13-22)9-10-21(17)24-16-18-7-3-2-4-8-18/h2-4,7-10,15H,5-6,11-14,16H2,1H3. The first-order valence-corrected chi connectivity index (χ1v) is 8.75. The summed E-state index contributed by atoms with van der Waals surface area (Å²) in [6.07, 6.45) is 3.13. The van der Waals surface area contributed by atoms with Gasteiger partial charge >= 0.3 is 0 Å². The Morgan fingerprint density at radius 2 is 1.83 bits per heavy atom. The minimum Gasteiger partial charge on any atom is -0.489 e. The fourth-order valence-electron chi connectivity index (χ4n) is 3.13. The number of carbonyl (C=O) groups is 1. The van der Waals surface area contributed by atoms with E-state index >= 15 is 0 Å². The lowest BCUT2D eigenvalue weighted by Gasteiger charge is -2.14. The van der Waals surface area contributed by atoms with Crippen LogP contribution >= 0.6 is 0 Å². The van der Waals surface area contributed by atoms with Gasteiger partial charge in [-0.15, -0.1) is 0 Å². The molecule has 0 bridgehead atoms. The van der Waals surface area contributed by atoms with Crippen LogP contribution in [0.25, 0.3) is 0 Å². The molecule has 0 atom stereocenters. The zero-order valence-corrected chi connectivity index (χ0v) is 14.3. The molecule has 3 heteroatoms. The molecule has 0 saturated carbocycles. The molecule has 2 aromatic rings. The van der Waals surface area contributed by atoms with Crippen molar-refractivity contribution in [2.24, 2.45) is 0 Å². The van der Waals surface area contributed by atoms with Crippen LogP contribution < -0.4 is 4.74 Å². The number of ketones is 1. The van der Waals surface area contributed by atoms with E-state index in [9.17, 15) is 4.79 Å². The average Bonchev–Trinajstić information content (AvgIpc) is 3.13. The topological polar surface area (TPSA) is 29.5 Å². The maximum Gasteiger partial charge on any atom is 0.164 e. The van der Waals surface area contributed by atoms with E-state index in [1.54, 1.807) is 0 Å². The number of carbonyl (C=O) groups excluding carboxylic acids is 1. The van der Waals surface area contributed by atoms with Gasteiger partial charge in [0.15, 0.2) is 5.78 Å². The van der Waals surface area contributed by atoms with Gasteiger partial charge in [-0.2, -0.15) is 0 Å². The minimum absolute atomic E-state index is 0.222. The van der Waals surface area contributed by atoms with Gasteiger partial charge in [-0.05, 0) is 62.2 Å². The lowest BCUT2D eigenvalue weighted by atomic mass is 10.0. The Bertz CT molecular complexity index is 675. The third-order valence-electron chi connectivity index (χ3n) is 4.59. The Morgan fingerprint density at radius 3 is 2.54 bits per heavy atom. The fraction of sp³-hybridized carbons (Fsp3) is 0.381. The summed E-state index contributed by atoms with van der Waals surface area (Å²) >= 11 is 0. The number of Topliss-reactive ketones (excluding diaryl/α,β-unsaturated/α-hetero) is 1. The van der Waals surface area contributed by atoms with Gasteiger partial charge < -0.3 is 9.64 Å². The highest BCUT2D eigenvalue weighted by atomic mass is 16.5. The van der Waals surface area contributed by atoms with Crippen LogP contribution in [0.1, 0.15) is 40.7 Å². The molecule has 3 rings (SSSR count). The van der Waals surface area contributed by atoms with Crippen molar-refractivity contribution in [1.82, 2.24) is 4.90 Å². The predicted molar refractivity (Wildman–Crippen MR) is 96.6 cm³/mol. The number of rotatable bonds is 7. The predicted octanol–water partition coefficient (Wildman–Crippen LogP) is 4.24. The first-order valence-electron chi connectivity index (χ1n) is 8.75. The normalized spacial score (nSPS) is 14.7. The molecule has 1 heterocycles. The van der Waals surface area contributed by atoms with Crippen molar-refractivity contribution in [3.05, 3.63) is 65.2 Å². The molecule has 1 aliphatic heterocycles. The molecular weight excluding hydrogens is 298 g/mol. The zero-order chi connectivity index (χ0) is 16.8. The molecule has 0 aliphatic carbocycles. The van der Waals surface area contributed by atoms with Crippen molar-refractivity contribution in [3.63, 3.8) is 0 Å². The Balaban J connectivity index is 1.56. The largest absolute Gasteiger partial charge is 0.489 e. The Morgan fingerprint density at radius 1 is 1.08 bits per heavy atom. The van der Waals surface area contributed by atoms with Crippen molar-refractivity contribution in [3.8, 4) is 5.75 Å². The minimum atomic E-state index is 0.222. The number of likely N-dealkylation sites (tertiary alicyclic amines) is 1. The molecule has 1 saturated heterocycles. The van der Waals surface area contributed by atoms with Crippen LogP contribution in [0.2, 0.25) is 0 Å². The summed E-state index contributed by atoms with van der Waals surface area (Å²) in [6, 6.07) is 15.9. The molecule has 2 aromatic carbocycles. The summed E-state index contributed by atoms with van der Waals surface area (Å²) in [7, 11) is 0. The molecule has 1 aliphatic rings. The zero-order valence-electron chi connectivity index (χ0n) is 14.3. The Hall–Kier alpha value is -2.13. The van der Waals surface area contributed by atoms with E-state index in [-0.39, 0.29) is 5.78 Å². The summed E-state index contributed by atoms with van der Waals surface area (Å²) in [5.41, 5.74) is 2.94. The third kappa shape index (κ3) is 4.45. The van der Waals surface area contributed by atoms with Gasteiger partial charge in [-0.1, -0.05) is 30.3 Å². The smallest absolute Gasteiger partial charge is 0.164 e. The molecule has 0 N–H and O–H groups in total. The number of hydrogen-bond acceptors (Lipinski definition) is 3. The van der Waals surface area contributed by atoms with Crippen LogP contribution in [0.3, 0.4) is 0 Å². The van der Waals surface area contributed by atoms with Crippen molar-refractivity contribution >= 4 is 5.78 Å². The second-order valence-corrected chi connectivity index (χ2v) is 6.48. The highest BCUT2D eigenvalue weighted by molar-refractivity contribution is 5.96. The Labute approximate surface area is 144 Å². The van der Waals surface area contributed by atoms with Crippen LogP contribution in [0.5, 0.6) is 5.75 Å². The van der Waals surface area contributed by atoms with E-state index in [1.807, 2.05) is 55.5 Å². The Kier molecular flexibility index (Phi) is 5.65. The molecule has 126 valence electrons. The van der Waals surface area contributed by atoms with Gasteiger partial charge in [-0.3, -0.25) is 4.79 Å². The number of hydrogen-bond donors (Lipinski definition) is 0. The molecule has 3 nitrogen and oxygen atoms in total. The molecular formula is C21H25NO2. The highest BCUT2D eigenvalue weighted by Crippen LogP contribution is 2.21. The van der Waals surface area contributed by atoms with Gasteiger partial charge in [0.1, 0.15) is 12.4 Å². The lowest BCUT2D eigenvalue weighted by Crippen LogP contribution is -2.22. The van der Waals surface area contributed by atoms with Crippen molar-refractivity contribution in [2.45, 2.75) is 32.8 Å². The van der Waals surface area contributed by atoms with Crippen LogP contribution in [0.15, 0.2) is 48.5 Å². The van der Waals surface area contributed by atoms with Gasteiger partial charge in [0.25, 0.3) is 0 Å². The van der Waals surface area contributed by atoms with Gasteiger partial charge in [0, 0.05) is 18.5 Å². The van der Waals surface area contributed by atoms with Crippen molar-refractivity contribution < 1.29 is 9.53 Å². The SMILES string of the molecule is Cc1cc(C(=O)CCN2CCCC2)ccc1OCc1ccccc1. The first-order chi connectivity index (χ1) is 11.7. The summed E-state index contributed by atoms with van der Waals surface area (Å²) in [5, 5.41) is 0. The van der Waals surface area contributed by atoms with Crippen LogP contribution in [-0.4, -0.2) is 30.3 Å². The van der Waals surface area contributed by atoms with Crippen molar-refractivity contribution in [2.75, 3.05) is 19.6 Å². The van der Waals surface area contributed by atoms with Crippen LogP contribution in [0.4, 0.5) is 0 Å². The number of benzene rings is 2. The van der Waals surface area contributed by atoms with Crippen LogP contribution in [-0.2, 0) is 6.61 Å². The molecule has 0 aromatic heterocycles. The van der Waals surface area contributed by atoms with E-state index < -0.39 is 0 Å². The van der Waals surface area contributed by atoms with Gasteiger partial charge in [0.2, 0.25) is 0 Å². The molecule has 0 radical (unpaired) electrons. The first kappa shape index (κ1) is 16.7. The maximum absolute atomic E-state index is 12.4. The molecule has 24 heavy (non-hydrogen) atoms. The second kappa shape index (κ2) is 8.11. The van der Waals surface area contributed by atoms with Crippen LogP contribution in [0, 0.1) is 6.92 Å².